The maximum Gasteiger partial charge on any atom is 0.469 e. The second kappa shape index (κ2) is 7.83. The number of ether oxygens (including phenoxy) is 1. The second-order valence-corrected chi connectivity index (χ2v) is 7.57. The molecule has 0 unspecified atom stereocenters. The molecule has 8 nitrogen and oxygen atoms in total. The van der Waals surface area contributed by atoms with E-state index in [1.807, 2.05) is 0 Å². The lowest BCUT2D eigenvalue weighted by atomic mass is 10.2. The van der Waals surface area contributed by atoms with Crippen molar-refractivity contribution in [2.24, 2.45) is 5.73 Å². The van der Waals surface area contributed by atoms with E-state index in [-0.39, 0.29) is 17.4 Å². The number of benzene rings is 1. The molecule has 2 aromatic rings. The molecule has 0 aliphatic carbocycles. The Kier molecular flexibility index (Phi) is 6.27. The maximum absolute atomic E-state index is 14.1. The van der Waals surface area contributed by atoms with Crippen LogP contribution >= 0.6 is 30.8 Å². The predicted molar refractivity (Wildman–Crippen MR) is 86.5 cm³/mol. The van der Waals surface area contributed by atoms with E-state index in [9.17, 15) is 8.96 Å². The van der Waals surface area contributed by atoms with E-state index >= 15 is 0 Å². The van der Waals surface area contributed by atoms with Crippen LogP contribution in [0.2, 0.25) is 5.02 Å². The van der Waals surface area contributed by atoms with Crippen molar-refractivity contribution >= 4 is 30.8 Å². The summed E-state index contributed by atoms with van der Waals surface area (Å²) in [6.07, 6.45) is 0. The standard InChI is InChI=1S/C12H14ClFN3O5PS/c1-6-16-17-12(24-6)8-2-10(14)11(3-9(8)13)21-4-7(15)5-22-23(18,19)20/h2-3,7H,4-5,15H2,1H3,(H2,18,19,20)/t7-/m1/s1. The van der Waals surface area contributed by atoms with Crippen molar-refractivity contribution in [3.8, 4) is 16.3 Å². The van der Waals surface area contributed by atoms with E-state index in [2.05, 4.69) is 14.7 Å². The van der Waals surface area contributed by atoms with Crippen molar-refractivity contribution in [2.75, 3.05) is 13.2 Å². The lowest BCUT2D eigenvalue weighted by Crippen LogP contribution is -2.32. The molecule has 1 aromatic carbocycles. The van der Waals surface area contributed by atoms with Crippen molar-refractivity contribution in [1.82, 2.24) is 10.2 Å². The third-order valence-electron chi connectivity index (χ3n) is 2.69. The average Bonchev–Trinajstić information content (AvgIpc) is 2.91. The first-order chi connectivity index (χ1) is 11.2. The van der Waals surface area contributed by atoms with Gasteiger partial charge in [0.05, 0.1) is 17.7 Å². The summed E-state index contributed by atoms with van der Waals surface area (Å²) in [5, 5.41) is 9.18. The molecule has 2 rings (SSSR count). The molecule has 132 valence electrons. The van der Waals surface area contributed by atoms with Crippen molar-refractivity contribution < 1.29 is 28.0 Å². The molecule has 0 fully saturated rings. The highest BCUT2D eigenvalue weighted by Crippen LogP contribution is 2.36. The van der Waals surface area contributed by atoms with Crippen LogP contribution < -0.4 is 10.5 Å². The Morgan fingerprint density at radius 1 is 1.42 bits per heavy atom. The number of phosphoric ester groups is 1. The first kappa shape index (κ1) is 19.2. The maximum atomic E-state index is 14.1. The van der Waals surface area contributed by atoms with Crippen molar-refractivity contribution in [3.63, 3.8) is 0 Å². The fourth-order valence-corrected chi connectivity index (χ4v) is 3.05. The minimum atomic E-state index is -4.61. The van der Waals surface area contributed by atoms with Gasteiger partial charge in [0, 0.05) is 11.6 Å². The van der Waals surface area contributed by atoms with Gasteiger partial charge in [0.15, 0.2) is 11.6 Å². The van der Waals surface area contributed by atoms with Crippen LogP contribution in [0.1, 0.15) is 5.01 Å². The SMILES string of the molecule is Cc1nnc(-c2cc(F)c(OC[C@@H](N)COP(=O)(O)O)cc2Cl)s1. The number of aromatic nitrogens is 2. The molecule has 1 atom stereocenters. The number of hydrogen-bond donors (Lipinski definition) is 3. The lowest BCUT2D eigenvalue weighted by Gasteiger charge is -2.15. The van der Waals surface area contributed by atoms with Crippen LogP contribution in [0, 0.1) is 12.7 Å². The monoisotopic (exact) mass is 397 g/mol. The number of aryl methyl sites for hydroxylation is 1. The summed E-state index contributed by atoms with van der Waals surface area (Å²) in [5.74, 6) is -0.818. The summed E-state index contributed by atoms with van der Waals surface area (Å²) in [7, 11) is -4.61. The van der Waals surface area contributed by atoms with Crippen molar-refractivity contribution in [1.29, 1.82) is 0 Å². The van der Waals surface area contributed by atoms with E-state index in [0.717, 1.165) is 5.01 Å². The van der Waals surface area contributed by atoms with Crippen LogP contribution in [0.4, 0.5) is 4.39 Å². The Hall–Kier alpha value is -1.13. The van der Waals surface area contributed by atoms with Gasteiger partial charge in [-0.15, -0.1) is 10.2 Å². The first-order valence-electron chi connectivity index (χ1n) is 6.53. The molecule has 0 radical (unpaired) electrons. The minimum absolute atomic E-state index is 0.142. The second-order valence-electron chi connectivity index (χ2n) is 4.75. The van der Waals surface area contributed by atoms with Crippen LogP contribution in [-0.2, 0) is 9.09 Å². The van der Waals surface area contributed by atoms with Gasteiger partial charge in [0.25, 0.3) is 0 Å². The van der Waals surface area contributed by atoms with Gasteiger partial charge in [-0.1, -0.05) is 22.9 Å². The summed E-state index contributed by atoms with van der Waals surface area (Å²) in [6, 6.07) is 1.59. The molecule has 24 heavy (non-hydrogen) atoms. The molecule has 0 spiro atoms. The highest BCUT2D eigenvalue weighted by Gasteiger charge is 2.18. The molecular formula is C12H14ClFN3O5PS. The van der Waals surface area contributed by atoms with E-state index in [0.29, 0.717) is 10.6 Å². The normalized spacial score (nSPS) is 13.1. The minimum Gasteiger partial charge on any atom is -0.489 e. The van der Waals surface area contributed by atoms with Gasteiger partial charge in [-0.2, -0.15) is 0 Å². The predicted octanol–water partition coefficient (Wildman–Crippen LogP) is 2.12. The van der Waals surface area contributed by atoms with Gasteiger partial charge < -0.3 is 20.3 Å². The third kappa shape index (κ3) is 5.45. The van der Waals surface area contributed by atoms with E-state index < -0.39 is 26.3 Å². The van der Waals surface area contributed by atoms with Gasteiger partial charge in [-0.05, 0) is 13.0 Å². The first-order valence-corrected chi connectivity index (χ1v) is 9.26. The van der Waals surface area contributed by atoms with Crippen molar-refractivity contribution in [2.45, 2.75) is 13.0 Å². The summed E-state index contributed by atoms with van der Waals surface area (Å²) in [6.45, 7) is 1.11. The van der Waals surface area contributed by atoms with Gasteiger partial charge >= 0.3 is 7.82 Å². The van der Waals surface area contributed by atoms with E-state index in [1.165, 1.54) is 23.5 Å². The molecule has 0 amide bonds. The molecule has 0 saturated heterocycles. The van der Waals surface area contributed by atoms with Crippen LogP contribution in [-0.4, -0.2) is 39.2 Å². The number of phosphoric acid groups is 1. The average molecular weight is 398 g/mol. The smallest absolute Gasteiger partial charge is 0.469 e. The van der Waals surface area contributed by atoms with Crippen molar-refractivity contribution in [3.05, 3.63) is 28.0 Å². The third-order valence-corrected chi connectivity index (χ3v) is 4.36. The molecular weight excluding hydrogens is 384 g/mol. The zero-order valence-corrected chi connectivity index (χ0v) is 14.8. The number of halogens is 2. The molecule has 0 aliphatic rings. The van der Waals surface area contributed by atoms with Crippen LogP contribution in [0.5, 0.6) is 5.75 Å². The fraction of sp³-hybridized carbons (Fsp3) is 0.333. The topological polar surface area (TPSA) is 128 Å². The number of nitrogens with zero attached hydrogens (tertiary/aromatic N) is 2. The number of rotatable bonds is 7. The fourth-order valence-electron chi connectivity index (χ4n) is 1.65. The van der Waals surface area contributed by atoms with Crippen LogP contribution in [0.15, 0.2) is 12.1 Å². The van der Waals surface area contributed by atoms with Crippen LogP contribution in [0.25, 0.3) is 10.6 Å². The Labute approximate surface area is 145 Å². The Balaban J connectivity index is 2.04. The Morgan fingerprint density at radius 3 is 2.71 bits per heavy atom. The summed E-state index contributed by atoms with van der Waals surface area (Å²) in [4.78, 5) is 17.2. The van der Waals surface area contributed by atoms with Crippen LogP contribution in [0.3, 0.4) is 0 Å². The van der Waals surface area contributed by atoms with Gasteiger partial charge in [-0.3, -0.25) is 4.52 Å². The molecule has 4 N–H and O–H groups in total. The number of nitrogens with two attached hydrogens (primary N) is 1. The van der Waals surface area contributed by atoms with Gasteiger partial charge in [0.2, 0.25) is 0 Å². The molecule has 12 heteroatoms. The molecule has 0 bridgehead atoms. The van der Waals surface area contributed by atoms with Gasteiger partial charge in [-0.25, -0.2) is 8.96 Å². The zero-order valence-electron chi connectivity index (χ0n) is 12.3. The molecule has 0 aliphatic heterocycles. The molecule has 1 heterocycles. The summed E-state index contributed by atoms with van der Waals surface area (Å²) < 4.78 is 34.1. The lowest BCUT2D eigenvalue weighted by molar-refractivity contribution is 0.164. The Bertz CT molecular complexity index is 771. The summed E-state index contributed by atoms with van der Waals surface area (Å²) in [5.41, 5.74) is 5.97. The molecule has 1 aromatic heterocycles. The van der Waals surface area contributed by atoms with E-state index in [1.54, 1.807) is 6.92 Å². The molecule has 0 saturated carbocycles. The summed E-state index contributed by atoms with van der Waals surface area (Å²) >= 11 is 7.39. The quantitative estimate of drug-likeness (QED) is 0.606. The highest BCUT2D eigenvalue weighted by atomic mass is 35.5. The zero-order chi connectivity index (χ0) is 17.9. The Morgan fingerprint density at radius 2 is 2.12 bits per heavy atom. The van der Waals surface area contributed by atoms with E-state index in [4.69, 9.17) is 31.9 Å². The highest BCUT2D eigenvalue weighted by molar-refractivity contribution is 7.46. The van der Waals surface area contributed by atoms with Gasteiger partial charge in [0.1, 0.15) is 16.6 Å². The number of hydrogen-bond acceptors (Lipinski definition) is 7. The largest absolute Gasteiger partial charge is 0.489 e.